The molecule has 10 heteroatoms. The van der Waals surface area contributed by atoms with Crippen molar-refractivity contribution in [3.8, 4) is 11.6 Å². The van der Waals surface area contributed by atoms with E-state index in [2.05, 4.69) is 9.97 Å². The molecule has 1 aromatic carbocycles. The summed E-state index contributed by atoms with van der Waals surface area (Å²) in [5, 5.41) is 0. The van der Waals surface area contributed by atoms with E-state index in [1.54, 1.807) is 29.9 Å². The van der Waals surface area contributed by atoms with Crippen LogP contribution in [0.2, 0.25) is 0 Å². The minimum atomic E-state index is -0.557. The van der Waals surface area contributed by atoms with Gasteiger partial charge >= 0.3 is 6.03 Å². The van der Waals surface area contributed by atoms with Gasteiger partial charge in [-0.05, 0) is 18.6 Å². The van der Waals surface area contributed by atoms with Crippen LogP contribution in [0, 0.1) is 5.82 Å². The van der Waals surface area contributed by atoms with E-state index in [4.69, 9.17) is 9.47 Å². The number of nitrogens with zero attached hydrogens (tertiary/aromatic N) is 5. The maximum Gasteiger partial charge on any atom is 0.325 e. The average molecular weight is 443 g/mol. The minimum Gasteiger partial charge on any atom is -0.495 e. The van der Waals surface area contributed by atoms with Crippen molar-refractivity contribution in [1.29, 1.82) is 0 Å². The largest absolute Gasteiger partial charge is 0.495 e. The average Bonchev–Trinajstić information content (AvgIpc) is 3.42. The van der Waals surface area contributed by atoms with Gasteiger partial charge in [-0.3, -0.25) is 9.69 Å². The zero-order valence-corrected chi connectivity index (χ0v) is 18.2. The normalized spacial score (nSPS) is 18.4. The molecule has 3 amide bonds. The standard InChI is InChI=1S/C22H26FN5O4/c1-3-16-20(23)21(25-14-24-16)32-15-8-9-26(12-15)19(29)13-27-10-11-28(22(27)30)17-6-4-5-7-18(17)31-2/h4-7,14-15H,3,8-13H2,1-2H3. The highest BCUT2D eigenvalue weighted by Crippen LogP contribution is 2.30. The topological polar surface area (TPSA) is 88.1 Å². The molecule has 0 bridgehead atoms. The third kappa shape index (κ3) is 4.30. The molecule has 32 heavy (non-hydrogen) atoms. The molecule has 9 nitrogen and oxygen atoms in total. The molecular weight excluding hydrogens is 417 g/mol. The Labute approximate surface area is 185 Å². The van der Waals surface area contributed by atoms with Crippen molar-refractivity contribution in [2.24, 2.45) is 0 Å². The molecule has 1 aromatic heterocycles. The van der Waals surface area contributed by atoms with Gasteiger partial charge in [-0.2, -0.15) is 9.37 Å². The van der Waals surface area contributed by atoms with Crippen LogP contribution in [0.3, 0.4) is 0 Å². The van der Waals surface area contributed by atoms with Gasteiger partial charge in [0.05, 0.1) is 25.0 Å². The zero-order chi connectivity index (χ0) is 22.7. The molecule has 0 saturated carbocycles. The number of hydrogen-bond donors (Lipinski definition) is 0. The third-order valence-electron chi connectivity index (χ3n) is 5.74. The van der Waals surface area contributed by atoms with Crippen LogP contribution < -0.4 is 14.4 Å². The number of urea groups is 1. The number of halogens is 1. The van der Waals surface area contributed by atoms with Crippen molar-refractivity contribution in [2.75, 3.05) is 44.7 Å². The van der Waals surface area contributed by atoms with Crippen molar-refractivity contribution < 1.29 is 23.5 Å². The summed E-state index contributed by atoms with van der Waals surface area (Å²) < 4.78 is 25.4. The molecule has 2 fully saturated rings. The molecule has 1 unspecified atom stereocenters. The fourth-order valence-electron chi connectivity index (χ4n) is 3.99. The molecule has 1 atom stereocenters. The predicted octanol–water partition coefficient (Wildman–Crippen LogP) is 2.11. The first-order valence-electron chi connectivity index (χ1n) is 10.6. The lowest BCUT2D eigenvalue weighted by Gasteiger charge is -2.22. The second-order valence-corrected chi connectivity index (χ2v) is 7.69. The Morgan fingerprint density at radius 2 is 2.03 bits per heavy atom. The number of methoxy groups -OCH3 is 1. The first-order chi connectivity index (χ1) is 15.5. The number of benzene rings is 1. The molecule has 2 aromatic rings. The Kier molecular flexibility index (Phi) is 6.38. The monoisotopic (exact) mass is 443 g/mol. The fourth-order valence-corrected chi connectivity index (χ4v) is 3.99. The van der Waals surface area contributed by atoms with Crippen molar-refractivity contribution in [3.63, 3.8) is 0 Å². The van der Waals surface area contributed by atoms with Crippen molar-refractivity contribution in [1.82, 2.24) is 19.8 Å². The van der Waals surface area contributed by atoms with Gasteiger partial charge in [0.25, 0.3) is 5.88 Å². The minimum absolute atomic E-state index is 0.0148. The number of rotatable bonds is 7. The highest BCUT2D eigenvalue weighted by atomic mass is 19.1. The predicted molar refractivity (Wildman–Crippen MR) is 114 cm³/mol. The second kappa shape index (κ2) is 9.37. The summed E-state index contributed by atoms with van der Waals surface area (Å²) in [5.41, 5.74) is 0.982. The highest BCUT2D eigenvalue weighted by molar-refractivity contribution is 5.97. The van der Waals surface area contributed by atoms with Gasteiger partial charge in [-0.1, -0.05) is 19.1 Å². The second-order valence-electron chi connectivity index (χ2n) is 7.69. The van der Waals surface area contributed by atoms with Gasteiger partial charge in [0.15, 0.2) is 0 Å². The summed E-state index contributed by atoms with van der Waals surface area (Å²) in [5.74, 6) is -0.197. The summed E-state index contributed by atoms with van der Waals surface area (Å²) in [6.07, 6.45) is 1.93. The number of likely N-dealkylation sites (tertiary alicyclic amines) is 1. The number of carbonyl (C=O) groups is 2. The molecule has 2 aliphatic heterocycles. The van der Waals surface area contributed by atoms with E-state index < -0.39 is 5.82 Å². The Morgan fingerprint density at radius 1 is 1.22 bits per heavy atom. The van der Waals surface area contributed by atoms with Crippen molar-refractivity contribution in [3.05, 3.63) is 42.1 Å². The number of carbonyl (C=O) groups excluding carboxylic acids is 2. The molecule has 0 aliphatic carbocycles. The Hall–Kier alpha value is -3.43. The molecule has 0 N–H and O–H groups in total. The number of aryl methyl sites for hydroxylation is 1. The molecule has 3 heterocycles. The quantitative estimate of drug-likeness (QED) is 0.651. The maximum atomic E-state index is 14.3. The van der Waals surface area contributed by atoms with Crippen LogP contribution in [0.15, 0.2) is 30.6 Å². The Balaban J connectivity index is 1.34. The lowest BCUT2D eigenvalue weighted by atomic mass is 10.2. The number of amides is 3. The number of hydrogen-bond acceptors (Lipinski definition) is 6. The van der Waals surface area contributed by atoms with E-state index in [9.17, 15) is 14.0 Å². The van der Waals surface area contributed by atoms with E-state index in [0.717, 1.165) is 0 Å². The molecule has 170 valence electrons. The third-order valence-corrected chi connectivity index (χ3v) is 5.74. The highest BCUT2D eigenvalue weighted by Gasteiger charge is 2.35. The van der Waals surface area contributed by atoms with E-state index in [1.165, 1.54) is 11.2 Å². The molecule has 4 rings (SSSR count). The maximum absolute atomic E-state index is 14.3. The van der Waals surface area contributed by atoms with Gasteiger partial charge < -0.3 is 19.3 Å². The lowest BCUT2D eigenvalue weighted by Crippen LogP contribution is -2.42. The van der Waals surface area contributed by atoms with E-state index >= 15 is 0 Å². The van der Waals surface area contributed by atoms with Gasteiger partial charge in [-0.25, -0.2) is 9.78 Å². The van der Waals surface area contributed by atoms with Crippen LogP contribution in [0.5, 0.6) is 11.6 Å². The smallest absolute Gasteiger partial charge is 0.325 e. The Bertz CT molecular complexity index is 1000. The summed E-state index contributed by atoms with van der Waals surface area (Å²) in [6.45, 7) is 3.52. The number of aromatic nitrogens is 2. The van der Waals surface area contributed by atoms with Crippen LogP contribution in [0.25, 0.3) is 0 Å². The van der Waals surface area contributed by atoms with E-state index in [0.29, 0.717) is 56.2 Å². The van der Waals surface area contributed by atoms with Crippen LogP contribution >= 0.6 is 0 Å². The number of para-hydroxylation sites is 2. The first-order valence-corrected chi connectivity index (χ1v) is 10.6. The van der Waals surface area contributed by atoms with Crippen LogP contribution in [-0.4, -0.2) is 77.6 Å². The number of ether oxygens (including phenoxy) is 2. The molecule has 2 aliphatic rings. The van der Waals surface area contributed by atoms with Gasteiger partial charge in [0.1, 0.15) is 24.7 Å². The zero-order valence-electron chi connectivity index (χ0n) is 18.2. The molecule has 0 radical (unpaired) electrons. The summed E-state index contributed by atoms with van der Waals surface area (Å²) in [7, 11) is 1.56. The summed E-state index contributed by atoms with van der Waals surface area (Å²) in [4.78, 5) is 38.3. The molecular formula is C22H26FN5O4. The van der Waals surface area contributed by atoms with Crippen molar-refractivity contribution >= 4 is 17.6 Å². The van der Waals surface area contributed by atoms with Crippen LogP contribution in [0.4, 0.5) is 14.9 Å². The fraction of sp³-hybridized carbons (Fsp3) is 0.455. The molecule has 0 spiro atoms. The molecule has 2 saturated heterocycles. The summed E-state index contributed by atoms with van der Waals surface area (Å²) >= 11 is 0. The van der Waals surface area contributed by atoms with Crippen molar-refractivity contribution in [2.45, 2.75) is 25.9 Å². The van der Waals surface area contributed by atoms with Crippen LogP contribution in [0.1, 0.15) is 19.0 Å². The van der Waals surface area contributed by atoms with Gasteiger partial charge in [0.2, 0.25) is 11.7 Å². The lowest BCUT2D eigenvalue weighted by molar-refractivity contribution is -0.130. The van der Waals surface area contributed by atoms with E-state index in [1.807, 2.05) is 18.2 Å². The first kappa shape index (κ1) is 21.8. The Morgan fingerprint density at radius 3 is 2.81 bits per heavy atom. The van der Waals surface area contributed by atoms with Gasteiger partial charge in [0, 0.05) is 26.1 Å². The van der Waals surface area contributed by atoms with Crippen LogP contribution in [-0.2, 0) is 11.2 Å². The number of anilines is 1. The van der Waals surface area contributed by atoms with E-state index in [-0.39, 0.29) is 30.5 Å². The SMILES string of the molecule is CCc1ncnc(OC2CCN(C(=O)CN3CCN(c4ccccc4OC)C3=O)C2)c1F. The summed E-state index contributed by atoms with van der Waals surface area (Å²) in [6, 6.07) is 7.07. The van der Waals surface area contributed by atoms with Gasteiger partial charge in [-0.15, -0.1) is 0 Å².